The maximum absolute atomic E-state index is 11.2. The van der Waals surface area contributed by atoms with Gasteiger partial charge in [0.15, 0.2) is 0 Å². The molecule has 0 aromatic carbocycles. The fourth-order valence-electron chi connectivity index (χ4n) is 2.21. The van der Waals surface area contributed by atoms with E-state index < -0.39 is 11.4 Å². The number of hydrogen-bond acceptors (Lipinski definition) is 2. The summed E-state index contributed by atoms with van der Waals surface area (Å²) in [5, 5.41) is 9.23. The molecule has 0 saturated heterocycles. The van der Waals surface area contributed by atoms with E-state index in [2.05, 4.69) is 0 Å². The Morgan fingerprint density at radius 2 is 2.00 bits per heavy atom. The second-order valence-electron chi connectivity index (χ2n) is 4.09. The maximum atomic E-state index is 11.2. The fraction of sp³-hybridized carbons (Fsp3) is 0.909. The summed E-state index contributed by atoms with van der Waals surface area (Å²) in [6, 6.07) is 0. The van der Waals surface area contributed by atoms with Crippen molar-refractivity contribution in [2.45, 2.75) is 45.4 Å². The molecule has 0 spiro atoms. The van der Waals surface area contributed by atoms with E-state index in [0.29, 0.717) is 19.6 Å². The van der Waals surface area contributed by atoms with E-state index in [4.69, 9.17) is 4.74 Å². The molecule has 0 radical (unpaired) electrons. The van der Waals surface area contributed by atoms with E-state index in [1.54, 1.807) is 0 Å². The van der Waals surface area contributed by atoms with Crippen molar-refractivity contribution in [1.82, 2.24) is 0 Å². The van der Waals surface area contributed by atoms with Crippen LogP contribution in [-0.2, 0) is 9.53 Å². The smallest absolute Gasteiger partial charge is 0.309 e. The minimum Gasteiger partial charge on any atom is -0.481 e. The van der Waals surface area contributed by atoms with Gasteiger partial charge in [-0.15, -0.1) is 0 Å². The van der Waals surface area contributed by atoms with Gasteiger partial charge in [0, 0.05) is 13.2 Å². The lowest BCUT2D eigenvalue weighted by atomic mass is 9.72. The van der Waals surface area contributed by atoms with E-state index in [0.717, 1.165) is 25.7 Å². The highest BCUT2D eigenvalue weighted by molar-refractivity contribution is 5.74. The van der Waals surface area contributed by atoms with Crippen molar-refractivity contribution < 1.29 is 14.6 Å². The van der Waals surface area contributed by atoms with Gasteiger partial charge < -0.3 is 9.84 Å². The Hall–Kier alpha value is -0.570. The molecule has 1 saturated carbocycles. The van der Waals surface area contributed by atoms with Crippen LogP contribution >= 0.6 is 0 Å². The van der Waals surface area contributed by atoms with Gasteiger partial charge in [0.05, 0.1) is 5.41 Å². The van der Waals surface area contributed by atoms with Gasteiger partial charge in [-0.3, -0.25) is 4.79 Å². The first-order valence-corrected chi connectivity index (χ1v) is 5.52. The summed E-state index contributed by atoms with van der Waals surface area (Å²) in [7, 11) is 0. The average molecular weight is 200 g/mol. The second kappa shape index (κ2) is 5.35. The molecule has 3 heteroatoms. The number of carboxylic acids is 1. The summed E-state index contributed by atoms with van der Waals surface area (Å²) < 4.78 is 5.25. The van der Waals surface area contributed by atoms with Crippen LogP contribution in [0.1, 0.15) is 45.4 Å². The third-order valence-electron chi connectivity index (χ3n) is 3.19. The number of aliphatic carboxylic acids is 1. The minimum atomic E-state index is -0.628. The highest BCUT2D eigenvalue weighted by Crippen LogP contribution is 2.39. The number of carbonyl (C=O) groups is 1. The van der Waals surface area contributed by atoms with Gasteiger partial charge in [-0.2, -0.15) is 0 Å². The number of rotatable bonds is 5. The summed E-state index contributed by atoms with van der Waals surface area (Å²) in [6.07, 6.45) is 5.63. The largest absolute Gasteiger partial charge is 0.481 e. The molecule has 0 unspecified atom stereocenters. The van der Waals surface area contributed by atoms with Gasteiger partial charge >= 0.3 is 5.97 Å². The van der Waals surface area contributed by atoms with Crippen molar-refractivity contribution in [2.75, 3.05) is 13.2 Å². The van der Waals surface area contributed by atoms with Gasteiger partial charge in [-0.05, 0) is 26.2 Å². The maximum Gasteiger partial charge on any atom is 0.309 e. The molecule has 0 bridgehead atoms. The number of ether oxygens (including phenoxy) is 1. The van der Waals surface area contributed by atoms with Crippen molar-refractivity contribution in [3.8, 4) is 0 Å². The summed E-state index contributed by atoms with van der Waals surface area (Å²) in [6.45, 7) is 3.20. The fourth-order valence-corrected chi connectivity index (χ4v) is 2.21. The molecule has 14 heavy (non-hydrogen) atoms. The molecular weight excluding hydrogens is 180 g/mol. The van der Waals surface area contributed by atoms with Gasteiger partial charge in [-0.25, -0.2) is 0 Å². The molecule has 0 atom stereocenters. The highest BCUT2D eigenvalue weighted by atomic mass is 16.5. The first kappa shape index (κ1) is 11.5. The Morgan fingerprint density at radius 3 is 2.50 bits per heavy atom. The third-order valence-corrected chi connectivity index (χ3v) is 3.19. The van der Waals surface area contributed by atoms with Crippen LogP contribution < -0.4 is 0 Å². The SMILES string of the molecule is CCOCCC1(C(=O)O)CCCCC1. The van der Waals surface area contributed by atoms with Crippen molar-refractivity contribution in [3.63, 3.8) is 0 Å². The third kappa shape index (κ3) is 2.71. The minimum absolute atomic E-state index is 0.479. The van der Waals surface area contributed by atoms with Gasteiger partial charge in [0.25, 0.3) is 0 Å². The average Bonchev–Trinajstić information content (AvgIpc) is 2.19. The van der Waals surface area contributed by atoms with Crippen molar-refractivity contribution >= 4 is 5.97 Å². The van der Waals surface area contributed by atoms with Crippen molar-refractivity contribution in [2.24, 2.45) is 5.41 Å². The van der Waals surface area contributed by atoms with Crippen LogP contribution in [0, 0.1) is 5.41 Å². The summed E-state index contributed by atoms with van der Waals surface area (Å²) in [4.78, 5) is 11.2. The zero-order valence-corrected chi connectivity index (χ0v) is 8.92. The summed E-state index contributed by atoms with van der Waals surface area (Å²) in [5.41, 5.74) is -0.479. The molecule has 0 heterocycles. The zero-order valence-electron chi connectivity index (χ0n) is 8.92. The van der Waals surface area contributed by atoms with Crippen molar-refractivity contribution in [3.05, 3.63) is 0 Å². The Bertz CT molecular complexity index is 183. The lowest BCUT2D eigenvalue weighted by molar-refractivity contribution is -0.152. The standard InChI is InChI=1S/C11H20O3/c1-2-14-9-8-11(10(12)13)6-4-3-5-7-11/h2-9H2,1H3,(H,12,13). The molecule has 1 fully saturated rings. The van der Waals surface area contributed by atoms with Crippen LogP contribution in [0.3, 0.4) is 0 Å². The van der Waals surface area contributed by atoms with Crippen LogP contribution in [0.2, 0.25) is 0 Å². The van der Waals surface area contributed by atoms with Crippen LogP contribution in [0.15, 0.2) is 0 Å². The van der Waals surface area contributed by atoms with Gasteiger partial charge in [-0.1, -0.05) is 19.3 Å². The first-order valence-electron chi connectivity index (χ1n) is 5.52. The molecular formula is C11H20O3. The Morgan fingerprint density at radius 1 is 1.36 bits per heavy atom. The lowest BCUT2D eigenvalue weighted by Crippen LogP contribution is -2.34. The molecule has 3 nitrogen and oxygen atoms in total. The van der Waals surface area contributed by atoms with Crippen LogP contribution in [0.5, 0.6) is 0 Å². The summed E-state index contributed by atoms with van der Waals surface area (Å²) in [5.74, 6) is -0.628. The normalized spacial score (nSPS) is 20.6. The molecule has 1 aliphatic rings. The number of hydrogen-bond donors (Lipinski definition) is 1. The Kier molecular flexibility index (Phi) is 4.39. The van der Waals surface area contributed by atoms with Gasteiger partial charge in [0.2, 0.25) is 0 Å². The topological polar surface area (TPSA) is 46.5 Å². The van der Waals surface area contributed by atoms with Crippen molar-refractivity contribution in [1.29, 1.82) is 0 Å². The zero-order chi connectivity index (χ0) is 10.4. The quantitative estimate of drug-likeness (QED) is 0.693. The molecule has 0 aliphatic heterocycles. The lowest BCUT2D eigenvalue weighted by Gasteiger charge is -2.32. The van der Waals surface area contributed by atoms with Crippen LogP contribution in [-0.4, -0.2) is 24.3 Å². The monoisotopic (exact) mass is 200 g/mol. The molecule has 82 valence electrons. The highest BCUT2D eigenvalue weighted by Gasteiger charge is 2.38. The molecule has 0 amide bonds. The Labute approximate surface area is 85.5 Å². The van der Waals surface area contributed by atoms with Crippen LogP contribution in [0.4, 0.5) is 0 Å². The van der Waals surface area contributed by atoms with Crippen LogP contribution in [0.25, 0.3) is 0 Å². The van der Waals surface area contributed by atoms with E-state index in [1.165, 1.54) is 6.42 Å². The van der Waals surface area contributed by atoms with Gasteiger partial charge in [0.1, 0.15) is 0 Å². The Balaban J connectivity index is 2.47. The molecule has 1 N–H and O–H groups in total. The van der Waals surface area contributed by atoms with E-state index in [9.17, 15) is 9.90 Å². The van der Waals surface area contributed by atoms with E-state index >= 15 is 0 Å². The first-order chi connectivity index (χ1) is 6.71. The second-order valence-corrected chi connectivity index (χ2v) is 4.09. The molecule has 1 rings (SSSR count). The predicted octanol–water partition coefficient (Wildman–Crippen LogP) is 2.45. The molecule has 1 aliphatic carbocycles. The number of carboxylic acid groups (broad SMARTS) is 1. The predicted molar refractivity (Wildman–Crippen MR) is 54.3 cm³/mol. The molecule has 0 aromatic heterocycles. The summed E-state index contributed by atoms with van der Waals surface area (Å²) >= 11 is 0. The molecule has 0 aromatic rings. The van der Waals surface area contributed by atoms with E-state index in [1.807, 2.05) is 6.92 Å². The van der Waals surface area contributed by atoms with E-state index in [-0.39, 0.29) is 0 Å².